The highest BCUT2D eigenvalue weighted by Crippen LogP contribution is 2.34. The van der Waals surface area contributed by atoms with Crippen LogP contribution in [-0.2, 0) is 4.79 Å². The van der Waals surface area contributed by atoms with E-state index < -0.39 is 18.1 Å². The van der Waals surface area contributed by atoms with E-state index >= 15 is 0 Å². The minimum Gasteiger partial charge on any atom is -0.341 e. The second-order valence-corrected chi connectivity index (χ2v) is 4.14. The van der Waals surface area contributed by atoms with Crippen molar-refractivity contribution in [1.29, 1.82) is 0 Å². The summed E-state index contributed by atoms with van der Waals surface area (Å²) in [6.07, 6.45) is -5.01. The standard InChI is InChI=1S/C9H6F3NO2S/c10-9(11,12)8(15)13-6-1-7(14)5-3-16-2-4(5)6/h2-3,6H,1H2,(H,13,15). The molecule has 7 heteroatoms. The van der Waals surface area contributed by atoms with Crippen molar-refractivity contribution in [2.75, 3.05) is 0 Å². The van der Waals surface area contributed by atoms with Gasteiger partial charge < -0.3 is 5.32 Å². The molecule has 0 fully saturated rings. The van der Waals surface area contributed by atoms with Crippen molar-refractivity contribution in [2.45, 2.75) is 18.6 Å². The van der Waals surface area contributed by atoms with E-state index in [9.17, 15) is 22.8 Å². The van der Waals surface area contributed by atoms with E-state index in [1.165, 1.54) is 11.3 Å². The number of fused-ring (bicyclic) bond motifs is 1. The average molecular weight is 249 g/mol. The molecule has 1 aromatic rings. The first-order valence-corrected chi connectivity index (χ1v) is 5.31. The van der Waals surface area contributed by atoms with Gasteiger partial charge in [0.2, 0.25) is 0 Å². The van der Waals surface area contributed by atoms with Gasteiger partial charge in [-0.15, -0.1) is 0 Å². The SMILES string of the molecule is O=C1CC(NC(=O)C(F)(F)F)c2cscc21. The van der Waals surface area contributed by atoms with Crippen LogP contribution in [0, 0.1) is 0 Å². The number of hydrogen-bond donors (Lipinski definition) is 1. The largest absolute Gasteiger partial charge is 0.471 e. The molecule has 0 radical (unpaired) electrons. The molecule has 0 saturated heterocycles. The van der Waals surface area contributed by atoms with Gasteiger partial charge in [0.15, 0.2) is 5.78 Å². The smallest absolute Gasteiger partial charge is 0.341 e. The van der Waals surface area contributed by atoms with Gasteiger partial charge >= 0.3 is 12.1 Å². The molecule has 0 aliphatic heterocycles. The molecule has 86 valence electrons. The van der Waals surface area contributed by atoms with Gasteiger partial charge in [0.25, 0.3) is 0 Å². The molecule has 0 spiro atoms. The molecule has 3 nitrogen and oxygen atoms in total. The van der Waals surface area contributed by atoms with E-state index in [-0.39, 0.29) is 12.2 Å². The van der Waals surface area contributed by atoms with E-state index in [0.717, 1.165) is 0 Å². The number of alkyl halides is 3. The highest BCUT2D eigenvalue weighted by Gasteiger charge is 2.42. The lowest BCUT2D eigenvalue weighted by molar-refractivity contribution is -0.174. The number of rotatable bonds is 1. The normalized spacial score (nSPS) is 19.7. The maximum absolute atomic E-state index is 12.0. The zero-order chi connectivity index (χ0) is 11.9. The van der Waals surface area contributed by atoms with Crippen molar-refractivity contribution in [3.05, 3.63) is 21.9 Å². The van der Waals surface area contributed by atoms with Crippen LogP contribution in [-0.4, -0.2) is 17.9 Å². The molecular formula is C9H6F3NO2S. The molecule has 1 aliphatic carbocycles. The van der Waals surface area contributed by atoms with E-state index in [2.05, 4.69) is 0 Å². The van der Waals surface area contributed by atoms with Crippen LogP contribution in [0.25, 0.3) is 0 Å². The summed E-state index contributed by atoms with van der Waals surface area (Å²) in [5.41, 5.74) is 0.894. The monoisotopic (exact) mass is 249 g/mol. The van der Waals surface area contributed by atoms with Crippen LogP contribution < -0.4 is 5.32 Å². The summed E-state index contributed by atoms with van der Waals surface area (Å²) in [6, 6.07) is -0.845. The molecule has 0 saturated carbocycles. The molecule has 0 aromatic carbocycles. The highest BCUT2D eigenvalue weighted by atomic mass is 32.1. The molecule has 1 atom stereocenters. The van der Waals surface area contributed by atoms with Crippen LogP contribution in [0.1, 0.15) is 28.4 Å². The molecule has 0 bridgehead atoms. The van der Waals surface area contributed by atoms with Crippen LogP contribution in [0.4, 0.5) is 13.2 Å². The third-order valence-corrected chi connectivity index (χ3v) is 3.08. The maximum atomic E-state index is 12.0. The number of halogens is 3. The Labute approximate surface area is 92.3 Å². The highest BCUT2D eigenvalue weighted by molar-refractivity contribution is 7.08. The second kappa shape index (κ2) is 3.58. The van der Waals surface area contributed by atoms with Gasteiger partial charge in [0.05, 0.1) is 6.04 Å². The van der Waals surface area contributed by atoms with Gasteiger partial charge in [0, 0.05) is 17.4 Å². The predicted octanol–water partition coefficient (Wildman–Crippen LogP) is 2.05. The lowest BCUT2D eigenvalue weighted by atomic mass is 10.2. The number of Topliss-reactive ketones (excluding diaryl/α,β-unsaturated/α-hetero) is 1. The number of carbonyl (C=O) groups is 2. The summed E-state index contributed by atoms with van der Waals surface area (Å²) in [4.78, 5) is 22.1. The van der Waals surface area contributed by atoms with Crippen LogP contribution in [0.15, 0.2) is 10.8 Å². The zero-order valence-corrected chi connectivity index (χ0v) is 8.61. The summed E-state index contributed by atoms with van der Waals surface area (Å²) in [5.74, 6) is -2.24. The number of hydrogen-bond acceptors (Lipinski definition) is 3. The van der Waals surface area contributed by atoms with Gasteiger partial charge in [-0.2, -0.15) is 24.5 Å². The van der Waals surface area contributed by atoms with Crippen molar-refractivity contribution in [3.63, 3.8) is 0 Å². The molecule has 1 heterocycles. The molecule has 1 aliphatic rings. The van der Waals surface area contributed by atoms with Crippen LogP contribution in [0.3, 0.4) is 0 Å². The fourth-order valence-electron chi connectivity index (χ4n) is 1.58. The third-order valence-electron chi connectivity index (χ3n) is 2.32. The number of thiophene rings is 1. The maximum Gasteiger partial charge on any atom is 0.471 e. The van der Waals surface area contributed by atoms with Gasteiger partial charge in [-0.25, -0.2) is 0 Å². The minimum atomic E-state index is -4.91. The third kappa shape index (κ3) is 1.82. The molecule has 1 aromatic heterocycles. The van der Waals surface area contributed by atoms with Crippen LogP contribution in [0.5, 0.6) is 0 Å². The Morgan fingerprint density at radius 3 is 2.75 bits per heavy atom. The fraction of sp³-hybridized carbons (Fsp3) is 0.333. The minimum absolute atomic E-state index is 0.0972. The second-order valence-electron chi connectivity index (χ2n) is 3.39. The number of ketones is 1. The van der Waals surface area contributed by atoms with E-state index in [1.807, 2.05) is 5.32 Å². The van der Waals surface area contributed by atoms with E-state index in [0.29, 0.717) is 11.1 Å². The number of carbonyl (C=O) groups excluding carboxylic acids is 2. The van der Waals surface area contributed by atoms with E-state index in [4.69, 9.17) is 0 Å². The van der Waals surface area contributed by atoms with E-state index in [1.54, 1.807) is 10.8 Å². The van der Waals surface area contributed by atoms with Crippen LogP contribution in [0.2, 0.25) is 0 Å². The Hall–Kier alpha value is -1.37. The molecule has 1 unspecified atom stereocenters. The summed E-state index contributed by atoms with van der Waals surface area (Å²) < 4.78 is 36.0. The Balaban J connectivity index is 2.16. The summed E-state index contributed by atoms with van der Waals surface area (Å²) in [5, 5.41) is 4.98. The Morgan fingerprint density at radius 2 is 2.12 bits per heavy atom. The first-order valence-electron chi connectivity index (χ1n) is 4.36. The average Bonchev–Trinajstić information content (AvgIpc) is 2.70. The molecule has 1 amide bonds. The quantitative estimate of drug-likeness (QED) is 0.828. The van der Waals surface area contributed by atoms with Gasteiger partial charge in [0.1, 0.15) is 0 Å². The Kier molecular flexibility index (Phi) is 2.49. The summed E-state index contributed by atoms with van der Waals surface area (Å²) in [6.45, 7) is 0. The molecule has 16 heavy (non-hydrogen) atoms. The first kappa shape index (κ1) is 11.1. The summed E-state index contributed by atoms with van der Waals surface area (Å²) in [7, 11) is 0. The van der Waals surface area contributed by atoms with Gasteiger partial charge in [-0.05, 0) is 10.9 Å². The first-order chi connectivity index (χ1) is 7.39. The number of nitrogens with one attached hydrogen (secondary N) is 1. The molecule has 1 N–H and O–H groups in total. The molecule has 2 rings (SSSR count). The number of amides is 1. The predicted molar refractivity (Wildman–Crippen MR) is 50.2 cm³/mol. The van der Waals surface area contributed by atoms with Crippen molar-refractivity contribution >= 4 is 23.0 Å². The Morgan fingerprint density at radius 1 is 1.44 bits per heavy atom. The zero-order valence-electron chi connectivity index (χ0n) is 7.80. The van der Waals surface area contributed by atoms with Crippen molar-refractivity contribution in [3.8, 4) is 0 Å². The van der Waals surface area contributed by atoms with Gasteiger partial charge in [-0.3, -0.25) is 9.59 Å². The summed E-state index contributed by atoms with van der Waals surface area (Å²) >= 11 is 1.23. The lowest BCUT2D eigenvalue weighted by Crippen LogP contribution is -2.38. The van der Waals surface area contributed by atoms with Crippen molar-refractivity contribution < 1.29 is 22.8 Å². The Bertz CT molecular complexity index is 452. The van der Waals surface area contributed by atoms with Gasteiger partial charge in [-0.1, -0.05) is 0 Å². The van der Waals surface area contributed by atoms with Crippen LogP contribution >= 0.6 is 11.3 Å². The fourth-order valence-corrected chi connectivity index (χ4v) is 2.49. The van der Waals surface area contributed by atoms with Crippen molar-refractivity contribution in [1.82, 2.24) is 5.32 Å². The topological polar surface area (TPSA) is 46.2 Å². The van der Waals surface area contributed by atoms with Crippen molar-refractivity contribution in [2.24, 2.45) is 0 Å². The molecular weight excluding hydrogens is 243 g/mol. The lowest BCUT2D eigenvalue weighted by Gasteiger charge is -2.13.